The normalized spacial score (nSPS) is 28.4. The molecule has 184 valence electrons. The molecule has 36 heavy (non-hydrogen) atoms. The van der Waals surface area contributed by atoms with Crippen molar-refractivity contribution in [2.24, 2.45) is 29.6 Å². The maximum absolute atomic E-state index is 13.2. The topological polar surface area (TPSA) is 84.0 Å². The molecule has 2 aliphatic carbocycles. The summed E-state index contributed by atoms with van der Waals surface area (Å²) in [6.07, 6.45) is 5.13. The number of ether oxygens (including phenoxy) is 1. The lowest BCUT2D eigenvalue weighted by Crippen LogP contribution is -2.33. The third kappa shape index (κ3) is 3.33. The van der Waals surface area contributed by atoms with Gasteiger partial charge in [0.2, 0.25) is 17.7 Å². The van der Waals surface area contributed by atoms with Crippen LogP contribution in [0.1, 0.15) is 29.5 Å². The van der Waals surface area contributed by atoms with Crippen LogP contribution in [0.3, 0.4) is 0 Å². The summed E-state index contributed by atoms with van der Waals surface area (Å²) in [7, 11) is 0. The number of nitrogens with zero attached hydrogens (tertiary/aromatic N) is 2. The zero-order valence-electron chi connectivity index (χ0n) is 20.6. The number of carbonyl (C=O) groups excluding carboxylic acids is 4. The summed E-state index contributed by atoms with van der Waals surface area (Å²) >= 11 is 0. The Labute approximate surface area is 209 Å². The van der Waals surface area contributed by atoms with Crippen LogP contribution in [-0.4, -0.2) is 30.2 Å². The van der Waals surface area contributed by atoms with Crippen molar-refractivity contribution < 1.29 is 23.9 Å². The molecule has 2 aromatic carbocycles. The van der Waals surface area contributed by atoms with Crippen LogP contribution in [0.25, 0.3) is 0 Å². The van der Waals surface area contributed by atoms with Crippen molar-refractivity contribution in [1.29, 1.82) is 0 Å². The molecule has 4 aliphatic rings. The van der Waals surface area contributed by atoms with E-state index in [1.165, 1.54) is 4.90 Å². The Morgan fingerprint density at radius 1 is 0.889 bits per heavy atom. The predicted molar refractivity (Wildman–Crippen MR) is 133 cm³/mol. The molecule has 2 saturated heterocycles. The number of allylic oxidation sites excluding steroid dienone is 2. The zero-order valence-corrected chi connectivity index (χ0v) is 20.6. The second-order valence-electron chi connectivity index (χ2n) is 10.5. The minimum Gasteiger partial charge on any atom is -0.426 e. The molecule has 2 bridgehead atoms. The molecule has 2 aromatic rings. The summed E-state index contributed by atoms with van der Waals surface area (Å²) in [6.45, 7) is 5.98. The van der Waals surface area contributed by atoms with Gasteiger partial charge in [0.15, 0.2) is 0 Å². The molecule has 7 nitrogen and oxygen atoms in total. The molecule has 3 amide bonds. The third-order valence-corrected chi connectivity index (χ3v) is 8.27. The number of anilines is 2. The molecule has 0 N–H and O–H groups in total. The van der Waals surface area contributed by atoms with Gasteiger partial charge in [0.05, 0.1) is 23.4 Å². The molecular weight excluding hydrogens is 456 g/mol. The third-order valence-electron chi connectivity index (χ3n) is 8.27. The van der Waals surface area contributed by atoms with Gasteiger partial charge in [-0.15, -0.1) is 0 Å². The molecule has 0 aromatic heterocycles. The molecule has 3 fully saturated rings. The minimum absolute atomic E-state index is 0.0964. The van der Waals surface area contributed by atoms with Gasteiger partial charge < -0.3 is 9.64 Å². The van der Waals surface area contributed by atoms with Gasteiger partial charge in [-0.25, -0.2) is 4.90 Å². The Morgan fingerprint density at radius 3 is 2.14 bits per heavy atom. The van der Waals surface area contributed by atoms with Gasteiger partial charge >= 0.3 is 5.97 Å². The molecule has 0 unspecified atom stereocenters. The first-order chi connectivity index (χ1) is 17.2. The quantitative estimate of drug-likeness (QED) is 0.285. The monoisotopic (exact) mass is 484 g/mol. The lowest BCUT2D eigenvalue weighted by atomic mass is 9.85. The summed E-state index contributed by atoms with van der Waals surface area (Å²) in [4.78, 5) is 55.0. The number of hydrogen-bond acceptors (Lipinski definition) is 5. The van der Waals surface area contributed by atoms with Crippen LogP contribution < -0.4 is 14.5 Å². The summed E-state index contributed by atoms with van der Waals surface area (Å²) in [5.74, 6) is -1.28. The molecule has 1 saturated carbocycles. The highest BCUT2D eigenvalue weighted by molar-refractivity contribution is 6.23. The number of rotatable bonds is 4. The summed E-state index contributed by atoms with van der Waals surface area (Å²) in [5.41, 5.74) is 4.05. The second kappa shape index (κ2) is 8.15. The number of aryl methyl sites for hydroxylation is 3. The molecular formula is C29H28N2O5. The largest absolute Gasteiger partial charge is 0.426 e. The van der Waals surface area contributed by atoms with Gasteiger partial charge in [-0.2, -0.15) is 0 Å². The number of para-hydroxylation sites is 1. The molecule has 2 aliphatic heterocycles. The first-order valence-corrected chi connectivity index (χ1v) is 12.5. The highest BCUT2D eigenvalue weighted by Crippen LogP contribution is 2.53. The van der Waals surface area contributed by atoms with Gasteiger partial charge in [-0.3, -0.25) is 19.2 Å². The van der Waals surface area contributed by atoms with E-state index in [9.17, 15) is 19.2 Å². The maximum atomic E-state index is 13.2. The van der Waals surface area contributed by atoms with Gasteiger partial charge in [0.25, 0.3) is 0 Å². The molecule has 2 heterocycles. The fraction of sp³-hybridized carbons (Fsp3) is 0.379. The van der Waals surface area contributed by atoms with Crippen molar-refractivity contribution in [3.63, 3.8) is 0 Å². The fourth-order valence-electron chi connectivity index (χ4n) is 6.59. The predicted octanol–water partition coefficient (Wildman–Crippen LogP) is 3.88. The number of fused-ring (bicyclic) bond motifs is 5. The van der Waals surface area contributed by atoms with E-state index >= 15 is 0 Å². The van der Waals surface area contributed by atoms with Crippen LogP contribution in [0.15, 0.2) is 48.6 Å². The van der Waals surface area contributed by atoms with Crippen molar-refractivity contribution >= 4 is 35.1 Å². The smallest absolute Gasteiger partial charge is 0.316 e. The number of hydrogen-bond donors (Lipinski definition) is 0. The summed E-state index contributed by atoms with van der Waals surface area (Å²) in [6, 6.07) is 10.8. The van der Waals surface area contributed by atoms with E-state index in [-0.39, 0.29) is 54.4 Å². The van der Waals surface area contributed by atoms with E-state index in [0.29, 0.717) is 17.0 Å². The van der Waals surface area contributed by atoms with E-state index < -0.39 is 11.9 Å². The average molecular weight is 485 g/mol. The number of carbonyl (C=O) groups is 4. The Kier molecular flexibility index (Phi) is 5.14. The number of imide groups is 1. The number of esters is 1. The first-order valence-electron chi connectivity index (χ1n) is 12.5. The van der Waals surface area contributed by atoms with E-state index in [0.717, 1.165) is 23.2 Å². The van der Waals surface area contributed by atoms with Crippen molar-refractivity contribution in [2.75, 3.05) is 16.3 Å². The van der Waals surface area contributed by atoms with Gasteiger partial charge in [-0.1, -0.05) is 30.4 Å². The second-order valence-corrected chi connectivity index (χ2v) is 10.5. The van der Waals surface area contributed by atoms with E-state index in [2.05, 4.69) is 12.2 Å². The Morgan fingerprint density at radius 2 is 1.53 bits per heavy atom. The van der Waals surface area contributed by atoms with Crippen LogP contribution in [0, 0.1) is 50.4 Å². The number of amides is 3. The molecule has 6 rings (SSSR count). The lowest BCUT2D eigenvalue weighted by molar-refractivity contribution is -0.139. The minimum atomic E-state index is -0.569. The molecule has 5 atom stereocenters. The SMILES string of the molecule is Cc1cc(OC(=O)[C@H]2CC(=O)N(c3c(C)cccc3C)C2)ccc1N1C(=O)[C@@H]2[C@H](C1=O)[C@H]1C=C[C@H]2C1. The average Bonchev–Trinajstić information content (AvgIpc) is 3.59. The molecule has 0 radical (unpaired) electrons. The van der Waals surface area contributed by atoms with Gasteiger partial charge in [0, 0.05) is 18.7 Å². The fourth-order valence-corrected chi connectivity index (χ4v) is 6.59. The van der Waals surface area contributed by atoms with Crippen molar-refractivity contribution in [3.8, 4) is 5.75 Å². The lowest BCUT2D eigenvalue weighted by Gasteiger charge is -2.21. The van der Waals surface area contributed by atoms with Gasteiger partial charge in [-0.05, 0) is 73.9 Å². The van der Waals surface area contributed by atoms with Crippen molar-refractivity contribution in [1.82, 2.24) is 0 Å². The Bertz CT molecular complexity index is 1310. The molecule has 7 heteroatoms. The number of benzene rings is 2. The Hall–Kier alpha value is -3.74. The highest BCUT2D eigenvalue weighted by atomic mass is 16.5. The van der Waals surface area contributed by atoms with Crippen LogP contribution in [0.2, 0.25) is 0 Å². The Balaban J connectivity index is 1.17. The standard InChI is InChI=1S/C29H28N2O5/c1-15-5-4-6-16(2)26(15)30-14-20(13-23(30)32)29(35)36-21-9-10-22(17(3)11-21)31-27(33)24-18-7-8-19(12-18)25(24)28(31)34/h4-11,18-20,24-25H,12-14H2,1-3H3/t18-,19-,20-,24-,25+/m0/s1. The zero-order chi connectivity index (χ0) is 25.3. The van der Waals surface area contributed by atoms with Crippen LogP contribution >= 0.6 is 0 Å². The van der Waals surface area contributed by atoms with Gasteiger partial charge in [0.1, 0.15) is 5.75 Å². The summed E-state index contributed by atoms with van der Waals surface area (Å²) in [5, 5.41) is 0. The highest BCUT2D eigenvalue weighted by Gasteiger charge is 2.59. The van der Waals surface area contributed by atoms with E-state index in [1.807, 2.05) is 32.0 Å². The molecule has 0 spiro atoms. The van der Waals surface area contributed by atoms with Crippen LogP contribution in [-0.2, 0) is 19.2 Å². The maximum Gasteiger partial charge on any atom is 0.316 e. The summed E-state index contributed by atoms with van der Waals surface area (Å²) < 4.78 is 5.65. The van der Waals surface area contributed by atoms with Crippen LogP contribution in [0.4, 0.5) is 11.4 Å². The van der Waals surface area contributed by atoms with E-state index in [4.69, 9.17) is 4.74 Å². The van der Waals surface area contributed by atoms with E-state index in [1.54, 1.807) is 30.0 Å². The first kappa shape index (κ1) is 22.7. The van der Waals surface area contributed by atoms with Crippen LogP contribution in [0.5, 0.6) is 5.75 Å². The van der Waals surface area contributed by atoms with Crippen molar-refractivity contribution in [2.45, 2.75) is 33.6 Å². The van der Waals surface area contributed by atoms with Crippen molar-refractivity contribution in [3.05, 3.63) is 65.2 Å².